The van der Waals surface area contributed by atoms with Crippen LogP contribution in [0.3, 0.4) is 0 Å². The van der Waals surface area contributed by atoms with Gasteiger partial charge in [-0.3, -0.25) is 0 Å². The van der Waals surface area contributed by atoms with Crippen LogP contribution in [0.2, 0.25) is 0 Å². The summed E-state index contributed by atoms with van der Waals surface area (Å²) >= 11 is 0. The van der Waals surface area contributed by atoms with Crippen LogP contribution in [0.15, 0.2) is 12.4 Å². The fraction of sp³-hybridized carbons (Fsp3) is 0.375. The van der Waals surface area contributed by atoms with E-state index < -0.39 is 11.9 Å². The summed E-state index contributed by atoms with van der Waals surface area (Å²) in [4.78, 5) is 17.9. The summed E-state index contributed by atoms with van der Waals surface area (Å²) in [6.45, 7) is 2.21. The number of esters is 1. The second-order valence-corrected chi connectivity index (χ2v) is 2.36. The standard InChI is InChI=1S/C8H9FN2O2/c1-2-3-13-8(12)6-4-11-7(9)5-10-6/h4-5H,2-3H2,1H3. The molecule has 0 unspecified atom stereocenters. The molecule has 0 fully saturated rings. The Morgan fingerprint density at radius 3 is 2.85 bits per heavy atom. The third-order valence-corrected chi connectivity index (χ3v) is 1.27. The van der Waals surface area contributed by atoms with E-state index in [1.165, 1.54) is 0 Å². The van der Waals surface area contributed by atoms with Gasteiger partial charge in [-0.2, -0.15) is 4.39 Å². The van der Waals surface area contributed by atoms with Crippen molar-refractivity contribution in [1.82, 2.24) is 9.97 Å². The van der Waals surface area contributed by atoms with Gasteiger partial charge in [0.15, 0.2) is 5.69 Å². The molecule has 1 rings (SSSR count). The fourth-order valence-electron chi connectivity index (χ4n) is 0.686. The van der Waals surface area contributed by atoms with Gasteiger partial charge >= 0.3 is 5.97 Å². The second-order valence-electron chi connectivity index (χ2n) is 2.36. The van der Waals surface area contributed by atoms with Gasteiger partial charge < -0.3 is 4.74 Å². The number of carbonyl (C=O) groups excluding carboxylic acids is 1. The maximum atomic E-state index is 12.3. The van der Waals surface area contributed by atoms with Crippen LogP contribution in [0.4, 0.5) is 4.39 Å². The van der Waals surface area contributed by atoms with Crippen molar-refractivity contribution in [3.8, 4) is 0 Å². The zero-order chi connectivity index (χ0) is 9.68. The van der Waals surface area contributed by atoms with Crippen LogP contribution in [0.1, 0.15) is 23.8 Å². The van der Waals surface area contributed by atoms with E-state index in [1.807, 2.05) is 6.92 Å². The van der Waals surface area contributed by atoms with Crippen molar-refractivity contribution in [2.75, 3.05) is 6.61 Å². The highest BCUT2D eigenvalue weighted by Gasteiger charge is 2.08. The lowest BCUT2D eigenvalue weighted by molar-refractivity contribution is 0.0497. The van der Waals surface area contributed by atoms with Gasteiger partial charge in [-0.1, -0.05) is 6.92 Å². The van der Waals surface area contributed by atoms with Crippen molar-refractivity contribution in [2.24, 2.45) is 0 Å². The zero-order valence-corrected chi connectivity index (χ0v) is 7.16. The number of carbonyl (C=O) groups is 1. The first-order chi connectivity index (χ1) is 6.24. The summed E-state index contributed by atoms with van der Waals surface area (Å²) in [5, 5.41) is 0. The molecule has 0 aliphatic heterocycles. The predicted molar refractivity (Wildman–Crippen MR) is 42.6 cm³/mol. The zero-order valence-electron chi connectivity index (χ0n) is 7.16. The average molecular weight is 184 g/mol. The summed E-state index contributed by atoms with van der Waals surface area (Å²) in [5.74, 6) is -1.29. The van der Waals surface area contributed by atoms with Gasteiger partial charge in [0.1, 0.15) is 0 Å². The van der Waals surface area contributed by atoms with Crippen LogP contribution in [0, 0.1) is 5.95 Å². The van der Waals surface area contributed by atoms with Crippen LogP contribution >= 0.6 is 0 Å². The van der Waals surface area contributed by atoms with Crippen LogP contribution < -0.4 is 0 Å². The van der Waals surface area contributed by atoms with Crippen molar-refractivity contribution in [2.45, 2.75) is 13.3 Å². The molecule has 0 aromatic carbocycles. The van der Waals surface area contributed by atoms with Crippen molar-refractivity contribution in [3.05, 3.63) is 24.0 Å². The van der Waals surface area contributed by atoms with E-state index in [-0.39, 0.29) is 5.69 Å². The maximum absolute atomic E-state index is 12.3. The Bertz CT molecular complexity index is 287. The molecule has 1 aromatic heterocycles. The Labute approximate surface area is 74.8 Å². The lowest BCUT2D eigenvalue weighted by atomic mass is 10.4. The summed E-state index contributed by atoms with van der Waals surface area (Å²) in [6, 6.07) is 0. The Balaban J connectivity index is 2.61. The van der Waals surface area contributed by atoms with E-state index in [4.69, 9.17) is 4.74 Å². The highest BCUT2D eigenvalue weighted by atomic mass is 19.1. The van der Waals surface area contributed by atoms with Crippen molar-refractivity contribution < 1.29 is 13.9 Å². The van der Waals surface area contributed by atoms with E-state index >= 15 is 0 Å². The first-order valence-corrected chi connectivity index (χ1v) is 3.88. The maximum Gasteiger partial charge on any atom is 0.358 e. The largest absolute Gasteiger partial charge is 0.461 e. The van der Waals surface area contributed by atoms with Crippen LogP contribution in [-0.2, 0) is 4.74 Å². The van der Waals surface area contributed by atoms with Crippen molar-refractivity contribution in [1.29, 1.82) is 0 Å². The van der Waals surface area contributed by atoms with E-state index in [9.17, 15) is 9.18 Å². The molecule has 0 aliphatic carbocycles. The number of rotatable bonds is 3. The average Bonchev–Trinajstić information content (AvgIpc) is 2.15. The molecule has 13 heavy (non-hydrogen) atoms. The predicted octanol–water partition coefficient (Wildman–Crippen LogP) is 1.18. The number of ether oxygens (including phenoxy) is 1. The van der Waals surface area contributed by atoms with Gasteiger partial charge in [-0.15, -0.1) is 0 Å². The molecule has 0 aliphatic rings. The van der Waals surface area contributed by atoms with Gasteiger partial charge in [-0.25, -0.2) is 14.8 Å². The van der Waals surface area contributed by atoms with Crippen molar-refractivity contribution >= 4 is 5.97 Å². The molecule has 1 heterocycles. The molecule has 0 saturated heterocycles. The van der Waals surface area contributed by atoms with Gasteiger partial charge in [0.25, 0.3) is 0 Å². The smallest absolute Gasteiger partial charge is 0.358 e. The van der Waals surface area contributed by atoms with Crippen LogP contribution in [0.5, 0.6) is 0 Å². The SMILES string of the molecule is CCCOC(=O)c1cnc(F)cn1. The molecular weight excluding hydrogens is 175 g/mol. The monoisotopic (exact) mass is 184 g/mol. The number of aromatic nitrogens is 2. The lowest BCUT2D eigenvalue weighted by Gasteiger charge is -2.00. The summed E-state index contributed by atoms with van der Waals surface area (Å²) < 4.78 is 17.0. The molecule has 4 nitrogen and oxygen atoms in total. The summed E-state index contributed by atoms with van der Waals surface area (Å²) in [7, 11) is 0. The van der Waals surface area contributed by atoms with E-state index in [0.29, 0.717) is 6.61 Å². The molecule has 0 atom stereocenters. The summed E-state index contributed by atoms with van der Waals surface area (Å²) in [6.07, 6.45) is 2.66. The number of hydrogen-bond acceptors (Lipinski definition) is 4. The van der Waals surface area contributed by atoms with Gasteiger partial charge in [-0.05, 0) is 6.42 Å². The van der Waals surface area contributed by atoms with Gasteiger partial charge in [0, 0.05) is 0 Å². The van der Waals surface area contributed by atoms with E-state index in [1.54, 1.807) is 0 Å². The Morgan fingerprint density at radius 2 is 2.31 bits per heavy atom. The summed E-state index contributed by atoms with van der Waals surface area (Å²) in [5.41, 5.74) is 0.0230. The third kappa shape index (κ3) is 2.77. The quantitative estimate of drug-likeness (QED) is 0.662. The molecule has 0 saturated carbocycles. The number of nitrogens with zero attached hydrogens (tertiary/aromatic N) is 2. The van der Waals surface area contributed by atoms with E-state index in [2.05, 4.69) is 9.97 Å². The lowest BCUT2D eigenvalue weighted by Crippen LogP contribution is -2.08. The Hall–Kier alpha value is -1.52. The van der Waals surface area contributed by atoms with Gasteiger partial charge in [0.05, 0.1) is 19.0 Å². The minimum absolute atomic E-state index is 0.0230. The second kappa shape index (κ2) is 4.49. The number of hydrogen-bond donors (Lipinski definition) is 0. The van der Waals surface area contributed by atoms with Crippen molar-refractivity contribution in [3.63, 3.8) is 0 Å². The highest BCUT2D eigenvalue weighted by Crippen LogP contribution is 1.97. The molecule has 0 N–H and O–H groups in total. The molecule has 0 bridgehead atoms. The van der Waals surface area contributed by atoms with Crippen LogP contribution in [0.25, 0.3) is 0 Å². The van der Waals surface area contributed by atoms with E-state index in [0.717, 1.165) is 18.8 Å². The fourth-order valence-corrected chi connectivity index (χ4v) is 0.686. The molecule has 0 spiro atoms. The topological polar surface area (TPSA) is 52.1 Å². The minimum atomic E-state index is -0.716. The molecule has 1 aromatic rings. The first kappa shape index (κ1) is 9.57. The normalized spacial score (nSPS) is 9.69. The first-order valence-electron chi connectivity index (χ1n) is 3.88. The minimum Gasteiger partial charge on any atom is -0.461 e. The molecule has 0 amide bonds. The Morgan fingerprint density at radius 1 is 1.54 bits per heavy atom. The number of halogens is 1. The Kier molecular flexibility index (Phi) is 3.31. The van der Waals surface area contributed by atoms with Gasteiger partial charge in [0.2, 0.25) is 5.95 Å². The molecular formula is C8H9FN2O2. The molecule has 0 radical (unpaired) electrons. The molecule has 5 heteroatoms. The van der Waals surface area contributed by atoms with Crippen LogP contribution in [-0.4, -0.2) is 22.5 Å². The third-order valence-electron chi connectivity index (χ3n) is 1.27. The highest BCUT2D eigenvalue weighted by molar-refractivity contribution is 5.86. The molecule has 70 valence electrons.